The maximum Gasteiger partial charge on any atom is 0.328 e. The number of carbonyl (C=O) groups excluding carboxylic acids is 3. The highest BCUT2D eigenvalue weighted by Gasteiger charge is 2.29. The number of carboxylic acids is 1. The highest BCUT2D eigenvalue weighted by Crippen LogP contribution is 2.02. The van der Waals surface area contributed by atoms with Crippen LogP contribution in [-0.4, -0.2) is 71.2 Å². The molecule has 11 nitrogen and oxygen atoms in total. The van der Waals surface area contributed by atoms with E-state index in [0.717, 1.165) is 0 Å². The second-order valence-corrected chi connectivity index (χ2v) is 5.90. The standard InChI is InChI=1S/C15H29N5O6/c1-8(13(23)20-12(9(2)21)15(25)26)18-14(24)10(5-3-4-6-16)19-11(22)7-17/h8-10,12,21H,3-7,16-17H2,1-2H3,(H,18,24)(H,19,22)(H,20,23)(H,25,26). The molecule has 0 fully saturated rings. The number of rotatable bonds is 12. The van der Waals surface area contributed by atoms with Crippen LogP contribution in [0, 0.1) is 0 Å². The minimum absolute atomic E-state index is 0.286. The Hall–Kier alpha value is -2.24. The first-order valence-corrected chi connectivity index (χ1v) is 8.35. The molecular weight excluding hydrogens is 346 g/mol. The number of nitrogens with two attached hydrogens (primary N) is 2. The molecule has 0 aromatic carbocycles. The van der Waals surface area contributed by atoms with Crippen LogP contribution in [0.15, 0.2) is 0 Å². The van der Waals surface area contributed by atoms with Crippen LogP contribution in [0.5, 0.6) is 0 Å². The zero-order valence-electron chi connectivity index (χ0n) is 15.0. The summed E-state index contributed by atoms with van der Waals surface area (Å²) in [6.07, 6.45) is 0.247. The Morgan fingerprint density at radius 1 is 0.962 bits per heavy atom. The Bertz CT molecular complexity index is 499. The van der Waals surface area contributed by atoms with Crippen molar-refractivity contribution in [2.45, 2.75) is 57.3 Å². The molecule has 0 heterocycles. The molecule has 26 heavy (non-hydrogen) atoms. The van der Waals surface area contributed by atoms with Crippen molar-refractivity contribution in [1.29, 1.82) is 0 Å². The Balaban J connectivity index is 4.84. The Labute approximate surface area is 151 Å². The summed E-state index contributed by atoms with van der Waals surface area (Å²) in [6, 6.07) is -3.46. The number of aliphatic hydroxyl groups is 1. The Morgan fingerprint density at radius 3 is 2.04 bits per heavy atom. The fourth-order valence-electron chi connectivity index (χ4n) is 2.06. The predicted octanol–water partition coefficient (Wildman–Crippen LogP) is -2.99. The second kappa shape index (κ2) is 12.2. The lowest BCUT2D eigenvalue weighted by atomic mass is 10.1. The third-order valence-electron chi connectivity index (χ3n) is 3.58. The van der Waals surface area contributed by atoms with Gasteiger partial charge in [0.15, 0.2) is 6.04 Å². The minimum atomic E-state index is -1.50. The number of unbranched alkanes of at least 4 members (excludes halogenated alkanes) is 1. The molecule has 11 heteroatoms. The largest absolute Gasteiger partial charge is 0.480 e. The van der Waals surface area contributed by atoms with E-state index in [1.165, 1.54) is 13.8 Å². The molecule has 3 amide bonds. The number of carboxylic acid groups (broad SMARTS) is 1. The molecule has 0 saturated heterocycles. The first kappa shape index (κ1) is 23.8. The van der Waals surface area contributed by atoms with Crippen LogP contribution in [0.25, 0.3) is 0 Å². The zero-order chi connectivity index (χ0) is 20.3. The molecule has 4 unspecified atom stereocenters. The summed E-state index contributed by atoms with van der Waals surface area (Å²) in [5.74, 6) is -3.30. The van der Waals surface area contributed by atoms with Crippen molar-refractivity contribution in [1.82, 2.24) is 16.0 Å². The van der Waals surface area contributed by atoms with Gasteiger partial charge in [0.1, 0.15) is 12.1 Å². The number of carbonyl (C=O) groups is 4. The number of hydrogen-bond donors (Lipinski definition) is 7. The molecular formula is C15H29N5O6. The van der Waals surface area contributed by atoms with Gasteiger partial charge < -0.3 is 37.6 Å². The number of hydrogen-bond acceptors (Lipinski definition) is 7. The topological polar surface area (TPSA) is 197 Å². The van der Waals surface area contributed by atoms with Gasteiger partial charge in [-0.2, -0.15) is 0 Å². The van der Waals surface area contributed by atoms with Crippen LogP contribution < -0.4 is 27.4 Å². The maximum absolute atomic E-state index is 12.3. The lowest BCUT2D eigenvalue weighted by Crippen LogP contribution is -2.56. The SMILES string of the molecule is CC(NC(=O)C(CCCCN)NC(=O)CN)C(=O)NC(C(=O)O)C(C)O. The average Bonchev–Trinajstić information content (AvgIpc) is 2.57. The van der Waals surface area contributed by atoms with E-state index in [-0.39, 0.29) is 6.54 Å². The van der Waals surface area contributed by atoms with E-state index in [1.54, 1.807) is 0 Å². The van der Waals surface area contributed by atoms with Crippen molar-refractivity contribution in [3.63, 3.8) is 0 Å². The average molecular weight is 375 g/mol. The van der Waals surface area contributed by atoms with Gasteiger partial charge in [0.2, 0.25) is 17.7 Å². The van der Waals surface area contributed by atoms with Crippen molar-refractivity contribution < 1.29 is 29.4 Å². The summed E-state index contributed by atoms with van der Waals surface area (Å²) in [4.78, 5) is 46.8. The molecule has 0 bridgehead atoms. The lowest BCUT2D eigenvalue weighted by Gasteiger charge is -2.23. The van der Waals surface area contributed by atoms with Crippen LogP contribution >= 0.6 is 0 Å². The quantitative estimate of drug-likeness (QED) is 0.175. The van der Waals surface area contributed by atoms with Gasteiger partial charge in [-0.25, -0.2) is 4.79 Å². The monoisotopic (exact) mass is 375 g/mol. The molecule has 0 rings (SSSR count). The van der Waals surface area contributed by atoms with E-state index in [0.29, 0.717) is 25.8 Å². The van der Waals surface area contributed by atoms with Crippen molar-refractivity contribution >= 4 is 23.7 Å². The van der Waals surface area contributed by atoms with Gasteiger partial charge in [-0.3, -0.25) is 14.4 Å². The zero-order valence-corrected chi connectivity index (χ0v) is 15.0. The summed E-state index contributed by atoms with van der Waals surface area (Å²) < 4.78 is 0. The van der Waals surface area contributed by atoms with Gasteiger partial charge in [-0.15, -0.1) is 0 Å². The molecule has 9 N–H and O–H groups in total. The molecule has 0 aromatic heterocycles. The van der Waals surface area contributed by atoms with E-state index < -0.39 is 47.9 Å². The summed E-state index contributed by atoms with van der Waals surface area (Å²) in [5, 5.41) is 25.3. The van der Waals surface area contributed by atoms with Gasteiger partial charge in [-0.05, 0) is 39.7 Å². The molecule has 0 aromatic rings. The Morgan fingerprint density at radius 2 is 1.58 bits per heavy atom. The smallest absolute Gasteiger partial charge is 0.328 e. The Kier molecular flexibility index (Phi) is 11.1. The van der Waals surface area contributed by atoms with Crippen molar-refractivity contribution in [3.8, 4) is 0 Å². The van der Waals surface area contributed by atoms with E-state index in [1.807, 2.05) is 0 Å². The van der Waals surface area contributed by atoms with Crippen molar-refractivity contribution in [2.24, 2.45) is 11.5 Å². The minimum Gasteiger partial charge on any atom is -0.480 e. The van der Waals surface area contributed by atoms with E-state index >= 15 is 0 Å². The van der Waals surface area contributed by atoms with Crippen LogP contribution in [0.4, 0.5) is 0 Å². The van der Waals surface area contributed by atoms with Gasteiger partial charge in [-0.1, -0.05) is 0 Å². The van der Waals surface area contributed by atoms with Gasteiger partial charge in [0.25, 0.3) is 0 Å². The van der Waals surface area contributed by atoms with Crippen LogP contribution in [0.1, 0.15) is 33.1 Å². The first-order chi connectivity index (χ1) is 12.1. The third-order valence-corrected chi connectivity index (χ3v) is 3.58. The number of aliphatic carboxylic acids is 1. The van der Waals surface area contributed by atoms with E-state index in [2.05, 4.69) is 16.0 Å². The summed E-state index contributed by atoms with van der Waals surface area (Å²) in [7, 11) is 0. The summed E-state index contributed by atoms with van der Waals surface area (Å²) in [6.45, 7) is 2.73. The second-order valence-electron chi connectivity index (χ2n) is 5.90. The fourth-order valence-corrected chi connectivity index (χ4v) is 2.06. The number of aliphatic hydroxyl groups excluding tert-OH is 1. The van der Waals surface area contributed by atoms with Gasteiger partial charge in [0.05, 0.1) is 12.6 Å². The normalized spacial score (nSPS) is 15.3. The number of amides is 3. The van der Waals surface area contributed by atoms with E-state index in [9.17, 15) is 24.3 Å². The molecule has 150 valence electrons. The van der Waals surface area contributed by atoms with Crippen LogP contribution in [-0.2, 0) is 19.2 Å². The highest BCUT2D eigenvalue weighted by molar-refractivity contribution is 5.93. The van der Waals surface area contributed by atoms with Crippen LogP contribution in [0.3, 0.4) is 0 Å². The predicted molar refractivity (Wildman–Crippen MR) is 92.7 cm³/mol. The summed E-state index contributed by atoms with van der Waals surface area (Å²) in [5.41, 5.74) is 10.6. The maximum atomic E-state index is 12.3. The van der Waals surface area contributed by atoms with Crippen molar-refractivity contribution in [2.75, 3.05) is 13.1 Å². The molecule has 0 spiro atoms. The molecule has 4 atom stereocenters. The number of nitrogens with one attached hydrogen (secondary N) is 3. The van der Waals surface area contributed by atoms with E-state index in [4.69, 9.17) is 16.6 Å². The van der Waals surface area contributed by atoms with Gasteiger partial charge in [0, 0.05) is 0 Å². The molecule has 0 aliphatic carbocycles. The summed E-state index contributed by atoms with van der Waals surface area (Å²) >= 11 is 0. The molecule has 0 radical (unpaired) electrons. The third kappa shape index (κ3) is 8.74. The molecule has 0 aliphatic heterocycles. The van der Waals surface area contributed by atoms with Gasteiger partial charge >= 0.3 is 5.97 Å². The fraction of sp³-hybridized carbons (Fsp3) is 0.733. The molecule has 0 aliphatic rings. The highest BCUT2D eigenvalue weighted by atomic mass is 16.4. The first-order valence-electron chi connectivity index (χ1n) is 8.35. The van der Waals surface area contributed by atoms with Crippen molar-refractivity contribution in [3.05, 3.63) is 0 Å². The lowest BCUT2D eigenvalue weighted by molar-refractivity contribution is -0.145. The molecule has 0 saturated carbocycles. The van der Waals surface area contributed by atoms with Crippen LogP contribution in [0.2, 0.25) is 0 Å².